The molecule has 0 radical (unpaired) electrons. The topological polar surface area (TPSA) is 4.93 Å². The summed E-state index contributed by atoms with van der Waals surface area (Å²) in [6, 6.07) is 33.7. The standard InChI is InChI=1S/C33H25N/c1-3-12-22-23-14-5-7-17-27(23)33(26(22)13-4-2)28-18-8-10-21-31(28)34-30-20-9-6-15-24(30)25-16-11-19-29(33)32(25)34/h3-21H,1-2H3/b12-3-,13-4-. The molecule has 0 amide bonds. The zero-order valence-corrected chi connectivity index (χ0v) is 19.4. The van der Waals surface area contributed by atoms with Gasteiger partial charge in [-0.05, 0) is 59.4 Å². The first-order valence-corrected chi connectivity index (χ1v) is 12.0. The summed E-state index contributed by atoms with van der Waals surface area (Å²) in [6.45, 7) is 4.24. The third kappa shape index (κ3) is 2.15. The van der Waals surface area contributed by atoms with E-state index in [0.29, 0.717) is 0 Å². The second kappa shape index (κ2) is 6.95. The number of aromatic nitrogens is 1. The van der Waals surface area contributed by atoms with E-state index in [4.69, 9.17) is 0 Å². The van der Waals surface area contributed by atoms with Crippen molar-refractivity contribution in [2.45, 2.75) is 19.3 Å². The second-order valence-corrected chi connectivity index (χ2v) is 9.19. The van der Waals surface area contributed by atoms with Gasteiger partial charge in [-0.1, -0.05) is 103 Å². The van der Waals surface area contributed by atoms with Crippen molar-refractivity contribution in [1.82, 2.24) is 4.57 Å². The van der Waals surface area contributed by atoms with Crippen LogP contribution in [0, 0.1) is 0 Å². The van der Waals surface area contributed by atoms with Gasteiger partial charge in [0.2, 0.25) is 0 Å². The minimum absolute atomic E-state index is 0.363. The molecule has 1 spiro atoms. The highest BCUT2D eigenvalue weighted by atomic mass is 15.0. The maximum Gasteiger partial charge on any atom is 0.0754 e. The van der Waals surface area contributed by atoms with Crippen LogP contribution in [0.2, 0.25) is 0 Å². The van der Waals surface area contributed by atoms with E-state index in [1.54, 1.807) is 0 Å². The lowest BCUT2D eigenvalue weighted by atomic mass is 9.64. The van der Waals surface area contributed by atoms with Crippen LogP contribution in [0.5, 0.6) is 0 Å². The molecule has 1 aliphatic heterocycles. The molecular formula is C33H25N. The molecule has 0 saturated heterocycles. The van der Waals surface area contributed by atoms with Gasteiger partial charge in [-0.25, -0.2) is 0 Å². The van der Waals surface area contributed by atoms with Crippen LogP contribution < -0.4 is 0 Å². The summed E-state index contributed by atoms with van der Waals surface area (Å²) in [7, 11) is 0. The highest BCUT2D eigenvalue weighted by molar-refractivity contribution is 6.13. The summed E-state index contributed by atoms with van der Waals surface area (Å²) in [5.74, 6) is 0. The van der Waals surface area contributed by atoms with Crippen molar-refractivity contribution < 1.29 is 0 Å². The number of fused-ring (bicyclic) bond motifs is 9. The summed E-state index contributed by atoms with van der Waals surface area (Å²) >= 11 is 0. The van der Waals surface area contributed by atoms with Crippen molar-refractivity contribution in [3.63, 3.8) is 0 Å². The lowest BCUT2D eigenvalue weighted by Gasteiger charge is -2.40. The van der Waals surface area contributed by atoms with Gasteiger partial charge in [0.15, 0.2) is 0 Å². The minimum atomic E-state index is -0.363. The molecule has 1 nitrogen and oxygen atoms in total. The van der Waals surface area contributed by atoms with Crippen molar-refractivity contribution in [3.8, 4) is 5.69 Å². The Morgan fingerprint density at radius 2 is 1.29 bits per heavy atom. The quantitative estimate of drug-likeness (QED) is 0.262. The fraction of sp³-hybridized carbons (Fsp3) is 0.0909. The number of allylic oxidation sites excluding steroid dienone is 6. The molecule has 5 aromatic rings. The number of benzene rings is 4. The average molecular weight is 436 g/mol. The second-order valence-electron chi connectivity index (χ2n) is 9.19. The third-order valence-corrected chi connectivity index (χ3v) is 7.63. The maximum atomic E-state index is 2.49. The predicted octanol–water partition coefficient (Wildman–Crippen LogP) is 8.35. The Labute approximate surface area is 200 Å². The normalized spacial score (nSPS) is 18.6. The molecule has 0 N–H and O–H groups in total. The average Bonchev–Trinajstić information content (AvgIpc) is 3.36. The maximum absolute atomic E-state index is 2.49. The van der Waals surface area contributed by atoms with Gasteiger partial charge in [-0.2, -0.15) is 0 Å². The Bertz CT molecular complexity index is 1720. The number of hydrogen-bond donors (Lipinski definition) is 0. The summed E-state index contributed by atoms with van der Waals surface area (Å²) in [5.41, 5.74) is 11.6. The van der Waals surface area contributed by atoms with E-state index < -0.39 is 0 Å². The highest BCUT2D eigenvalue weighted by Gasteiger charge is 2.50. The molecule has 0 bridgehead atoms. The van der Waals surface area contributed by atoms with Crippen molar-refractivity contribution in [2.75, 3.05) is 0 Å². The van der Waals surface area contributed by atoms with Crippen LogP contribution in [0.25, 0.3) is 33.1 Å². The van der Waals surface area contributed by atoms with Gasteiger partial charge in [-0.15, -0.1) is 0 Å². The molecule has 7 rings (SSSR count). The first-order valence-electron chi connectivity index (χ1n) is 12.0. The zero-order valence-electron chi connectivity index (χ0n) is 19.4. The molecule has 2 heterocycles. The van der Waals surface area contributed by atoms with E-state index >= 15 is 0 Å². The van der Waals surface area contributed by atoms with Gasteiger partial charge in [-0.3, -0.25) is 0 Å². The molecule has 1 aliphatic carbocycles. The van der Waals surface area contributed by atoms with Crippen LogP contribution >= 0.6 is 0 Å². The van der Waals surface area contributed by atoms with E-state index in [9.17, 15) is 0 Å². The van der Waals surface area contributed by atoms with Crippen LogP contribution in [0.4, 0.5) is 0 Å². The summed E-state index contributed by atoms with van der Waals surface area (Å²) in [6.07, 6.45) is 8.99. The van der Waals surface area contributed by atoms with Crippen LogP contribution in [0.15, 0.2) is 121 Å². The largest absolute Gasteiger partial charge is 0.309 e. The SMILES string of the molecule is C/C=C\C1=C(/C=C\C)C2(c3ccccc31)c1ccccc1-n1c3ccccc3c3cccc2c31. The van der Waals surface area contributed by atoms with Gasteiger partial charge in [0.1, 0.15) is 0 Å². The summed E-state index contributed by atoms with van der Waals surface area (Å²) in [5, 5.41) is 2.63. The third-order valence-electron chi connectivity index (χ3n) is 7.63. The van der Waals surface area contributed by atoms with Crippen LogP contribution in [0.1, 0.15) is 36.1 Å². The van der Waals surface area contributed by atoms with E-state index in [1.165, 1.54) is 60.9 Å². The molecule has 4 aromatic carbocycles. The van der Waals surface area contributed by atoms with Crippen LogP contribution in [-0.2, 0) is 5.41 Å². The molecule has 1 heteroatoms. The monoisotopic (exact) mass is 435 g/mol. The molecule has 1 unspecified atom stereocenters. The lowest BCUT2D eigenvalue weighted by Crippen LogP contribution is -2.34. The smallest absolute Gasteiger partial charge is 0.0754 e. The zero-order chi connectivity index (χ0) is 22.9. The Hall–Kier alpha value is -4.10. The summed E-state index contributed by atoms with van der Waals surface area (Å²) in [4.78, 5) is 0. The number of para-hydroxylation sites is 3. The van der Waals surface area contributed by atoms with Crippen molar-refractivity contribution in [2.24, 2.45) is 0 Å². The van der Waals surface area contributed by atoms with Gasteiger partial charge in [0.25, 0.3) is 0 Å². The Kier molecular flexibility index (Phi) is 3.96. The van der Waals surface area contributed by atoms with Crippen molar-refractivity contribution in [1.29, 1.82) is 0 Å². The van der Waals surface area contributed by atoms with E-state index in [0.717, 1.165) is 0 Å². The Balaban J connectivity index is 1.80. The van der Waals surface area contributed by atoms with E-state index in [-0.39, 0.29) is 5.41 Å². The predicted molar refractivity (Wildman–Crippen MR) is 144 cm³/mol. The minimum Gasteiger partial charge on any atom is -0.309 e. The Morgan fingerprint density at radius 3 is 2.15 bits per heavy atom. The van der Waals surface area contributed by atoms with Gasteiger partial charge in [0, 0.05) is 10.8 Å². The molecule has 162 valence electrons. The number of rotatable bonds is 2. The van der Waals surface area contributed by atoms with Crippen LogP contribution in [0.3, 0.4) is 0 Å². The molecule has 0 fully saturated rings. The van der Waals surface area contributed by atoms with Gasteiger partial charge < -0.3 is 4.57 Å². The van der Waals surface area contributed by atoms with Crippen molar-refractivity contribution in [3.05, 3.63) is 143 Å². The van der Waals surface area contributed by atoms with Gasteiger partial charge >= 0.3 is 0 Å². The Morgan fingerprint density at radius 1 is 0.618 bits per heavy atom. The summed E-state index contributed by atoms with van der Waals surface area (Å²) < 4.78 is 2.49. The van der Waals surface area contributed by atoms with Gasteiger partial charge in [0.05, 0.1) is 22.1 Å². The van der Waals surface area contributed by atoms with Crippen LogP contribution in [-0.4, -0.2) is 4.57 Å². The fourth-order valence-electron chi connectivity index (χ4n) is 6.55. The first kappa shape index (κ1) is 19.4. The number of hydrogen-bond acceptors (Lipinski definition) is 0. The fourth-order valence-corrected chi connectivity index (χ4v) is 6.55. The molecule has 1 atom stereocenters. The molecule has 1 aromatic heterocycles. The van der Waals surface area contributed by atoms with Crippen molar-refractivity contribution >= 4 is 27.4 Å². The van der Waals surface area contributed by atoms with E-state index in [2.05, 4.69) is 134 Å². The number of nitrogens with zero attached hydrogens (tertiary/aromatic N) is 1. The van der Waals surface area contributed by atoms with E-state index in [1.807, 2.05) is 0 Å². The lowest BCUT2D eigenvalue weighted by molar-refractivity contribution is 0.742. The molecule has 0 saturated carbocycles. The molecular weight excluding hydrogens is 410 g/mol. The molecule has 34 heavy (non-hydrogen) atoms. The first-order chi connectivity index (χ1) is 16.8. The molecule has 2 aliphatic rings. The highest BCUT2D eigenvalue weighted by Crippen LogP contribution is 2.60.